The number of fused-ring (bicyclic) bond motifs is 1. The Morgan fingerprint density at radius 2 is 1.70 bits per heavy atom. The van der Waals surface area contributed by atoms with E-state index < -0.39 is 5.97 Å². The van der Waals surface area contributed by atoms with Crippen molar-refractivity contribution in [1.29, 1.82) is 0 Å². The summed E-state index contributed by atoms with van der Waals surface area (Å²) < 4.78 is 11.8. The first-order chi connectivity index (χ1) is 13.2. The number of carboxylic acid groups (broad SMARTS) is 1. The van der Waals surface area contributed by atoms with Gasteiger partial charge in [-0.1, -0.05) is 36.4 Å². The van der Waals surface area contributed by atoms with Crippen LogP contribution in [-0.4, -0.2) is 23.7 Å². The van der Waals surface area contributed by atoms with Gasteiger partial charge in [-0.05, 0) is 48.9 Å². The number of rotatable bonds is 5. The van der Waals surface area contributed by atoms with Gasteiger partial charge in [0.05, 0.1) is 5.92 Å². The molecule has 0 radical (unpaired) electrons. The molecule has 27 heavy (non-hydrogen) atoms. The Hall–Kier alpha value is -2.53. The standard InChI is InChI=1S/C22H25NO4/c24-22(25)17-9-11-18(12-10-17)23-13-15-5-7-16(8-6-15)21-14-26-19-3-1-2-4-20(19)27-21/h1-8,17-18,21,23H,9-14H2,(H,24,25)/t17-,18+,21-/m1/s1. The summed E-state index contributed by atoms with van der Waals surface area (Å²) >= 11 is 0. The summed E-state index contributed by atoms with van der Waals surface area (Å²) in [6.45, 7) is 1.31. The Bertz CT molecular complexity index is 781. The van der Waals surface area contributed by atoms with E-state index >= 15 is 0 Å². The lowest BCUT2D eigenvalue weighted by Gasteiger charge is -2.27. The molecule has 0 unspecified atom stereocenters. The van der Waals surface area contributed by atoms with Crippen molar-refractivity contribution in [3.05, 3.63) is 59.7 Å². The smallest absolute Gasteiger partial charge is 0.306 e. The fourth-order valence-corrected chi connectivity index (χ4v) is 3.84. The van der Waals surface area contributed by atoms with Crippen molar-refractivity contribution < 1.29 is 19.4 Å². The van der Waals surface area contributed by atoms with E-state index in [9.17, 15) is 4.79 Å². The molecule has 2 aromatic rings. The van der Waals surface area contributed by atoms with E-state index in [1.54, 1.807) is 0 Å². The number of benzene rings is 2. The van der Waals surface area contributed by atoms with Crippen molar-refractivity contribution >= 4 is 5.97 Å². The number of carboxylic acids is 1. The van der Waals surface area contributed by atoms with Crippen molar-refractivity contribution in [1.82, 2.24) is 5.32 Å². The average Bonchev–Trinajstić information content (AvgIpc) is 2.72. The maximum absolute atomic E-state index is 11.0. The lowest BCUT2D eigenvalue weighted by Crippen LogP contribution is -2.34. The Kier molecular flexibility index (Phi) is 5.30. The Labute approximate surface area is 159 Å². The van der Waals surface area contributed by atoms with E-state index in [2.05, 4.69) is 29.6 Å². The van der Waals surface area contributed by atoms with E-state index in [-0.39, 0.29) is 12.0 Å². The van der Waals surface area contributed by atoms with Gasteiger partial charge in [0.2, 0.25) is 0 Å². The summed E-state index contributed by atoms with van der Waals surface area (Å²) in [5.41, 5.74) is 2.33. The zero-order valence-corrected chi connectivity index (χ0v) is 15.3. The second kappa shape index (κ2) is 8.01. The Morgan fingerprint density at radius 3 is 2.41 bits per heavy atom. The molecule has 142 valence electrons. The average molecular weight is 367 g/mol. The van der Waals surface area contributed by atoms with Crippen molar-refractivity contribution in [3.63, 3.8) is 0 Å². The molecule has 5 heteroatoms. The van der Waals surface area contributed by atoms with Gasteiger partial charge in [-0.25, -0.2) is 0 Å². The molecule has 2 aliphatic rings. The second-order valence-electron chi connectivity index (χ2n) is 7.37. The van der Waals surface area contributed by atoms with Crippen LogP contribution in [0.25, 0.3) is 0 Å². The number of nitrogens with one attached hydrogen (secondary N) is 1. The van der Waals surface area contributed by atoms with Crippen LogP contribution in [-0.2, 0) is 11.3 Å². The fourth-order valence-electron chi connectivity index (χ4n) is 3.84. The first-order valence-electron chi connectivity index (χ1n) is 9.62. The predicted octanol–water partition coefficient (Wildman–Crippen LogP) is 3.93. The minimum absolute atomic E-state index is 0.0896. The van der Waals surface area contributed by atoms with Gasteiger partial charge >= 0.3 is 5.97 Å². The highest BCUT2D eigenvalue weighted by Crippen LogP contribution is 2.35. The molecule has 0 saturated heterocycles. The third kappa shape index (κ3) is 4.25. The van der Waals surface area contributed by atoms with Gasteiger partial charge in [0.1, 0.15) is 6.61 Å². The molecule has 1 heterocycles. The van der Waals surface area contributed by atoms with E-state index in [0.717, 1.165) is 49.3 Å². The normalized spacial score (nSPS) is 24.4. The zero-order chi connectivity index (χ0) is 18.6. The molecule has 0 aromatic heterocycles. The maximum Gasteiger partial charge on any atom is 0.306 e. The first-order valence-corrected chi connectivity index (χ1v) is 9.62. The van der Waals surface area contributed by atoms with Crippen LogP contribution >= 0.6 is 0 Å². The number of para-hydroxylation sites is 2. The van der Waals surface area contributed by atoms with Gasteiger partial charge < -0.3 is 19.9 Å². The number of hydrogen-bond donors (Lipinski definition) is 2. The molecule has 4 rings (SSSR count). The first kappa shape index (κ1) is 17.9. The molecule has 0 spiro atoms. The van der Waals surface area contributed by atoms with Gasteiger partial charge in [-0.2, -0.15) is 0 Å². The highest BCUT2D eigenvalue weighted by molar-refractivity contribution is 5.70. The van der Waals surface area contributed by atoms with Crippen LogP contribution in [0.4, 0.5) is 0 Å². The molecule has 2 aromatic carbocycles. The van der Waals surface area contributed by atoms with Crippen LogP contribution in [0.5, 0.6) is 11.5 Å². The lowest BCUT2D eigenvalue weighted by molar-refractivity contribution is -0.142. The molecule has 5 nitrogen and oxygen atoms in total. The molecule has 2 N–H and O–H groups in total. The highest BCUT2D eigenvalue weighted by Gasteiger charge is 2.25. The van der Waals surface area contributed by atoms with Crippen LogP contribution in [0.3, 0.4) is 0 Å². The summed E-state index contributed by atoms with van der Waals surface area (Å²) in [5, 5.41) is 12.6. The minimum atomic E-state index is -0.652. The van der Waals surface area contributed by atoms with Gasteiger partial charge in [0, 0.05) is 12.6 Å². The minimum Gasteiger partial charge on any atom is -0.485 e. The van der Waals surface area contributed by atoms with Gasteiger partial charge in [0.15, 0.2) is 17.6 Å². The largest absolute Gasteiger partial charge is 0.485 e. The summed E-state index contributed by atoms with van der Waals surface area (Å²) in [6.07, 6.45) is 3.32. The van der Waals surface area contributed by atoms with E-state index in [0.29, 0.717) is 12.6 Å². The number of aliphatic carboxylic acids is 1. The van der Waals surface area contributed by atoms with Crippen LogP contribution in [0.15, 0.2) is 48.5 Å². The summed E-state index contributed by atoms with van der Waals surface area (Å²) in [6, 6.07) is 16.6. The van der Waals surface area contributed by atoms with Crippen LogP contribution in [0, 0.1) is 5.92 Å². The molecule has 0 amide bonds. The van der Waals surface area contributed by atoms with Gasteiger partial charge in [-0.3, -0.25) is 4.79 Å². The molecule has 1 aliphatic heterocycles. The Morgan fingerprint density at radius 1 is 1.00 bits per heavy atom. The van der Waals surface area contributed by atoms with Crippen molar-refractivity contribution in [2.75, 3.05) is 6.61 Å². The summed E-state index contributed by atoms with van der Waals surface area (Å²) in [4.78, 5) is 11.0. The highest BCUT2D eigenvalue weighted by atomic mass is 16.6. The molecule has 1 saturated carbocycles. The molecule has 1 aliphatic carbocycles. The van der Waals surface area contributed by atoms with E-state index in [1.807, 2.05) is 24.3 Å². The summed E-state index contributed by atoms with van der Waals surface area (Å²) in [7, 11) is 0. The third-order valence-electron chi connectivity index (χ3n) is 5.53. The maximum atomic E-state index is 11.0. The number of hydrogen-bond acceptors (Lipinski definition) is 4. The van der Waals surface area contributed by atoms with Gasteiger partial charge in [0.25, 0.3) is 0 Å². The third-order valence-corrected chi connectivity index (χ3v) is 5.53. The monoisotopic (exact) mass is 367 g/mol. The van der Waals surface area contributed by atoms with Gasteiger partial charge in [-0.15, -0.1) is 0 Å². The molecule has 0 bridgehead atoms. The quantitative estimate of drug-likeness (QED) is 0.838. The molecular weight excluding hydrogens is 342 g/mol. The fraction of sp³-hybridized carbons (Fsp3) is 0.409. The van der Waals surface area contributed by atoms with E-state index in [4.69, 9.17) is 14.6 Å². The predicted molar refractivity (Wildman–Crippen MR) is 102 cm³/mol. The molecule has 1 atom stereocenters. The van der Waals surface area contributed by atoms with Crippen molar-refractivity contribution in [2.45, 2.75) is 44.4 Å². The van der Waals surface area contributed by atoms with Crippen molar-refractivity contribution in [2.24, 2.45) is 5.92 Å². The molecular formula is C22H25NO4. The van der Waals surface area contributed by atoms with E-state index in [1.165, 1.54) is 5.56 Å². The summed E-state index contributed by atoms with van der Waals surface area (Å²) in [5.74, 6) is 0.773. The number of carbonyl (C=O) groups is 1. The van der Waals surface area contributed by atoms with Crippen LogP contribution in [0.1, 0.15) is 42.9 Å². The second-order valence-corrected chi connectivity index (χ2v) is 7.37. The zero-order valence-electron chi connectivity index (χ0n) is 15.3. The number of ether oxygens (including phenoxy) is 2. The van der Waals surface area contributed by atoms with Crippen LogP contribution < -0.4 is 14.8 Å². The topological polar surface area (TPSA) is 67.8 Å². The SMILES string of the molecule is O=C(O)[C@H]1CC[C@@H](NCc2ccc([C@H]3COc4ccccc4O3)cc2)CC1. The molecule has 1 fully saturated rings. The lowest BCUT2D eigenvalue weighted by atomic mass is 9.86. The van der Waals surface area contributed by atoms with Crippen molar-refractivity contribution in [3.8, 4) is 11.5 Å². The van der Waals surface area contributed by atoms with Crippen LogP contribution in [0.2, 0.25) is 0 Å². The Balaban J connectivity index is 1.29.